The molecule has 8 nitrogen and oxygen atoms in total. The number of carbonyl (C=O) groups excluding carboxylic acids is 2. The van der Waals surface area contributed by atoms with Gasteiger partial charge in [-0.2, -0.15) is 0 Å². The smallest absolute Gasteiger partial charge is 0.244 e. The number of likely N-dealkylation sites (tertiary alicyclic amines) is 1. The van der Waals surface area contributed by atoms with Gasteiger partial charge < -0.3 is 16.0 Å². The van der Waals surface area contributed by atoms with Crippen LogP contribution in [-0.2, 0) is 22.7 Å². The van der Waals surface area contributed by atoms with E-state index in [2.05, 4.69) is 15.6 Å². The van der Waals surface area contributed by atoms with Crippen molar-refractivity contribution in [3.63, 3.8) is 0 Å². The molecule has 0 bridgehead atoms. The highest BCUT2D eigenvalue weighted by Gasteiger charge is 2.17. The topological polar surface area (TPSA) is 106 Å². The van der Waals surface area contributed by atoms with Gasteiger partial charge in [0.15, 0.2) is 0 Å². The Hall–Kier alpha value is -1.96. The van der Waals surface area contributed by atoms with E-state index in [1.165, 1.54) is 11.1 Å². The van der Waals surface area contributed by atoms with E-state index in [1.54, 1.807) is 6.20 Å². The van der Waals surface area contributed by atoms with Crippen molar-refractivity contribution in [2.45, 2.75) is 32.4 Å². The molecule has 1 aliphatic rings. The largest absolute Gasteiger partial charge is 0.349 e. The first-order valence-electron chi connectivity index (χ1n) is 6.82. The number of aromatic nitrogens is 3. The normalized spacial score (nSPS) is 15.2. The molecule has 0 unspecified atom stereocenters. The minimum absolute atomic E-state index is 0.0540. The van der Waals surface area contributed by atoms with Crippen molar-refractivity contribution in [1.29, 1.82) is 0 Å². The van der Waals surface area contributed by atoms with E-state index in [9.17, 15) is 9.59 Å². The summed E-state index contributed by atoms with van der Waals surface area (Å²) in [5.74, 6) is -0.184. The summed E-state index contributed by atoms with van der Waals surface area (Å²) < 4.78 is 1.50. The summed E-state index contributed by atoms with van der Waals surface area (Å²) in [6.07, 6.45) is 5.00. The van der Waals surface area contributed by atoms with Crippen LogP contribution in [0.1, 0.15) is 25.0 Å². The number of nitrogens with zero attached hydrogens (tertiary/aromatic N) is 4. The van der Waals surface area contributed by atoms with Gasteiger partial charge in [0.2, 0.25) is 11.8 Å². The number of hydrogen-bond donors (Lipinski definition) is 2. The van der Waals surface area contributed by atoms with Gasteiger partial charge in [0.05, 0.1) is 19.3 Å². The average Bonchev–Trinajstić information content (AvgIpc) is 2.93. The number of carbonyl (C=O) groups is 2. The lowest BCUT2D eigenvalue weighted by atomic mass is 10.1. The lowest BCUT2D eigenvalue weighted by Gasteiger charge is -2.26. The molecule has 0 saturated carbocycles. The summed E-state index contributed by atoms with van der Waals surface area (Å²) in [5, 5.41) is 10.4. The van der Waals surface area contributed by atoms with Crippen molar-refractivity contribution in [1.82, 2.24) is 25.2 Å². The van der Waals surface area contributed by atoms with Gasteiger partial charge in [0.25, 0.3) is 0 Å². The van der Waals surface area contributed by atoms with Gasteiger partial charge in [-0.15, -0.1) is 5.10 Å². The summed E-state index contributed by atoms with van der Waals surface area (Å²) >= 11 is 0. The van der Waals surface area contributed by atoms with Crippen LogP contribution in [0.5, 0.6) is 0 Å². The summed E-state index contributed by atoms with van der Waals surface area (Å²) in [6, 6.07) is 0. The molecule has 0 radical (unpaired) electrons. The second-order valence-electron chi connectivity index (χ2n) is 4.83. The van der Waals surface area contributed by atoms with Crippen molar-refractivity contribution in [3.8, 4) is 0 Å². The molecule has 110 valence electrons. The van der Waals surface area contributed by atoms with Crippen molar-refractivity contribution in [2.24, 2.45) is 5.73 Å². The molecule has 0 aliphatic carbocycles. The highest BCUT2D eigenvalue weighted by molar-refractivity contribution is 5.77. The van der Waals surface area contributed by atoms with Gasteiger partial charge in [-0.3, -0.25) is 9.59 Å². The predicted octanol–water partition coefficient (Wildman–Crippen LogP) is -1.13. The van der Waals surface area contributed by atoms with Gasteiger partial charge in [0, 0.05) is 13.1 Å². The van der Waals surface area contributed by atoms with E-state index in [0.29, 0.717) is 5.69 Å². The molecule has 1 fully saturated rings. The average molecular weight is 280 g/mol. The first kappa shape index (κ1) is 14.4. The number of piperidine rings is 1. The van der Waals surface area contributed by atoms with Crippen molar-refractivity contribution in [2.75, 3.05) is 19.6 Å². The van der Waals surface area contributed by atoms with E-state index in [0.717, 1.165) is 25.9 Å². The molecule has 1 saturated heterocycles. The second-order valence-corrected chi connectivity index (χ2v) is 4.83. The predicted molar refractivity (Wildman–Crippen MR) is 71.4 cm³/mol. The Labute approximate surface area is 117 Å². The Morgan fingerprint density at radius 2 is 2.05 bits per heavy atom. The number of amides is 2. The molecule has 1 aliphatic heterocycles. The van der Waals surface area contributed by atoms with Crippen LogP contribution in [0, 0.1) is 0 Å². The van der Waals surface area contributed by atoms with Crippen LogP contribution < -0.4 is 11.1 Å². The zero-order valence-corrected chi connectivity index (χ0v) is 11.4. The van der Waals surface area contributed by atoms with Gasteiger partial charge in [-0.05, 0) is 19.3 Å². The fourth-order valence-electron chi connectivity index (χ4n) is 2.14. The molecule has 2 rings (SSSR count). The van der Waals surface area contributed by atoms with Crippen LogP contribution >= 0.6 is 0 Å². The number of nitrogens with one attached hydrogen (secondary N) is 1. The number of hydrogen-bond acceptors (Lipinski definition) is 5. The van der Waals surface area contributed by atoms with Gasteiger partial charge in [-0.25, -0.2) is 4.68 Å². The van der Waals surface area contributed by atoms with E-state index >= 15 is 0 Å². The molecule has 0 spiro atoms. The second kappa shape index (κ2) is 6.99. The highest BCUT2D eigenvalue weighted by Crippen LogP contribution is 2.09. The Kier molecular flexibility index (Phi) is 5.05. The van der Waals surface area contributed by atoms with Crippen LogP contribution in [0.15, 0.2) is 6.20 Å². The van der Waals surface area contributed by atoms with Crippen LogP contribution in [-0.4, -0.2) is 51.3 Å². The van der Waals surface area contributed by atoms with E-state index < -0.39 is 0 Å². The molecule has 20 heavy (non-hydrogen) atoms. The first-order valence-corrected chi connectivity index (χ1v) is 6.82. The number of rotatable bonds is 5. The monoisotopic (exact) mass is 280 g/mol. The lowest BCUT2D eigenvalue weighted by molar-refractivity contribution is -0.133. The van der Waals surface area contributed by atoms with Gasteiger partial charge in [0.1, 0.15) is 12.2 Å². The van der Waals surface area contributed by atoms with E-state index in [-0.39, 0.29) is 31.4 Å². The standard InChI is InChI=1S/C12H20N6O2/c13-6-11(19)14-7-10-8-18(16-15-10)9-12(20)17-4-2-1-3-5-17/h8H,1-7,9,13H2,(H,14,19). The number of nitrogens with two attached hydrogens (primary N) is 1. The Bertz CT molecular complexity index is 466. The first-order chi connectivity index (χ1) is 9.69. The summed E-state index contributed by atoms with van der Waals surface area (Å²) in [7, 11) is 0. The maximum atomic E-state index is 12.0. The maximum Gasteiger partial charge on any atom is 0.244 e. The zero-order valence-electron chi connectivity index (χ0n) is 11.4. The van der Waals surface area contributed by atoms with Gasteiger partial charge >= 0.3 is 0 Å². The fraction of sp³-hybridized carbons (Fsp3) is 0.667. The van der Waals surface area contributed by atoms with Crippen LogP contribution in [0.4, 0.5) is 0 Å². The molecular weight excluding hydrogens is 260 g/mol. The summed E-state index contributed by atoms with van der Waals surface area (Å²) in [4.78, 5) is 24.9. The molecule has 2 heterocycles. The Morgan fingerprint density at radius 3 is 2.75 bits per heavy atom. The third-order valence-corrected chi connectivity index (χ3v) is 3.24. The SMILES string of the molecule is NCC(=O)NCc1cn(CC(=O)N2CCCCC2)nn1. The molecule has 2 amide bonds. The Balaban J connectivity index is 1.82. The highest BCUT2D eigenvalue weighted by atomic mass is 16.2. The molecule has 1 aromatic rings. The third kappa shape index (κ3) is 4.02. The molecular formula is C12H20N6O2. The minimum atomic E-state index is -0.246. The molecule has 1 aromatic heterocycles. The summed E-state index contributed by atoms with van der Waals surface area (Å²) in [5.41, 5.74) is 5.80. The Morgan fingerprint density at radius 1 is 1.30 bits per heavy atom. The van der Waals surface area contributed by atoms with Crippen LogP contribution in [0.3, 0.4) is 0 Å². The zero-order chi connectivity index (χ0) is 14.4. The van der Waals surface area contributed by atoms with E-state index in [1.807, 2.05) is 4.90 Å². The van der Waals surface area contributed by atoms with Crippen molar-refractivity contribution >= 4 is 11.8 Å². The lowest BCUT2D eigenvalue weighted by Crippen LogP contribution is -2.37. The molecule has 3 N–H and O–H groups in total. The van der Waals surface area contributed by atoms with Crippen LogP contribution in [0.25, 0.3) is 0 Å². The van der Waals surface area contributed by atoms with Crippen LogP contribution in [0.2, 0.25) is 0 Å². The van der Waals surface area contributed by atoms with Crippen molar-refractivity contribution < 1.29 is 9.59 Å². The quantitative estimate of drug-likeness (QED) is 0.709. The molecule has 0 aromatic carbocycles. The summed E-state index contributed by atoms with van der Waals surface area (Å²) in [6.45, 7) is 2.06. The minimum Gasteiger partial charge on any atom is -0.349 e. The third-order valence-electron chi connectivity index (χ3n) is 3.24. The van der Waals surface area contributed by atoms with E-state index in [4.69, 9.17) is 5.73 Å². The maximum absolute atomic E-state index is 12.0. The van der Waals surface area contributed by atoms with Crippen molar-refractivity contribution in [3.05, 3.63) is 11.9 Å². The fourth-order valence-corrected chi connectivity index (χ4v) is 2.14. The van der Waals surface area contributed by atoms with Gasteiger partial charge in [-0.1, -0.05) is 5.21 Å². The molecule has 0 atom stereocenters. The molecule has 8 heteroatoms.